The largest absolute Gasteiger partial charge is 0.478 e. The van der Waals surface area contributed by atoms with Crippen LogP contribution in [0.25, 0.3) is 0 Å². The number of Topliss-reactive ketones (excluding diaryl/α,β-unsaturated/α-hetero) is 1. The van der Waals surface area contributed by atoms with Gasteiger partial charge in [0.2, 0.25) is 0 Å². The standard InChI is InChI=1S/C8H10O5.C7H12O2/c1-5(8(11)12)4-13-7(10)3-6(2)9;1-3-5-6-9-7(8)4-2/h4H,3H2,1-2H3,(H,11,12);4H,2-3,5-6H2,1H3. The van der Waals surface area contributed by atoms with Crippen LogP contribution in [-0.4, -0.2) is 35.4 Å². The molecule has 7 heteroatoms. The van der Waals surface area contributed by atoms with Crippen molar-refractivity contribution in [3.63, 3.8) is 0 Å². The van der Waals surface area contributed by atoms with Gasteiger partial charge in [-0.05, 0) is 20.3 Å². The number of unbranched alkanes of at least 4 members (excludes halogenated alkanes) is 1. The summed E-state index contributed by atoms with van der Waals surface area (Å²) in [7, 11) is 0. The van der Waals surface area contributed by atoms with E-state index >= 15 is 0 Å². The molecule has 0 amide bonds. The minimum atomic E-state index is -1.17. The molecule has 0 heterocycles. The van der Waals surface area contributed by atoms with E-state index in [1.807, 2.05) is 6.92 Å². The quantitative estimate of drug-likeness (QED) is 0.240. The molecule has 0 aliphatic carbocycles. The molecule has 0 saturated carbocycles. The number of ether oxygens (including phenoxy) is 2. The number of carboxylic acid groups (broad SMARTS) is 1. The van der Waals surface area contributed by atoms with Crippen LogP contribution in [0.2, 0.25) is 0 Å². The van der Waals surface area contributed by atoms with Gasteiger partial charge in [0.15, 0.2) is 0 Å². The van der Waals surface area contributed by atoms with E-state index in [-0.39, 0.29) is 23.7 Å². The number of carboxylic acids is 1. The van der Waals surface area contributed by atoms with Crippen LogP contribution in [0.15, 0.2) is 24.5 Å². The van der Waals surface area contributed by atoms with Crippen molar-refractivity contribution < 1.29 is 33.8 Å². The van der Waals surface area contributed by atoms with Crippen molar-refractivity contribution in [3.8, 4) is 0 Å². The third kappa shape index (κ3) is 15.6. The lowest BCUT2D eigenvalue weighted by molar-refractivity contribution is -0.141. The second-order valence-corrected chi connectivity index (χ2v) is 4.20. The Bertz CT molecular complexity index is 435. The zero-order chi connectivity index (χ0) is 17.5. The fraction of sp³-hybridized carbons (Fsp3) is 0.467. The van der Waals surface area contributed by atoms with Crippen LogP contribution >= 0.6 is 0 Å². The van der Waals surface area contributed by atoms with Crippen molar-refractivity contribution >= 4 is 23.7 Å². The number of hydrogen-bond donors (Lipinski definition) is 1. The molecule has 124 valence electrons. The number of carbonyl (C=O) groups is 4. The molecule has 0 saturated heterocycles. The van der Waals surface area contributed by atoms with Crippen LogP contribution in [0, 0.1) is 0 Å². The van der Waals surface area contributed by atoms with E-state index < -0.39 is 11.9 Å². The van der Waals surface area contributed by atoms with Crippen molar-refractivity contribution in [1.29, 1.82) is 0 Å². The monoisotopic (exact) mass is 314 g/mol. The van der Waals surface area contributed by atoms with Crippen LogP contribution in [0.3, 0.4) is 0 Å². The smallest absolute Gasteiger partial charge is 0.334 e. The first-order chi connectivity index (χ1) is 10.2. The van der Waals surface area contributed by atoms with Crippen LogP contribution in [0.1, 0.15) is 40.0 Å². The summed E-state index contributed by atoms with van der Waals surface area (Å²) in [4.78, 5) is 41.6. The number of ketones is 1. The SMILES string of the molecule is C=CC(=O)OCCCC.CC(=O)CC(=O)OC=C(C)C(=O)O. The molecule has 0 radical (unpaired) electrons. The number of rotatable bonds is 8. The van der Waals surface area contributed by atoms with Crippen molar-refractivity contribution in [3.05, 3.63) is 24.5 Å². The highest BCUT2D eigenvalue weighted by molar-refractivity contribution is 5.94. The minimum Gasteiger partial charge on any atom is -0.478 e. The van der Waals surface area contributed by atoms with Gasteiger partial charge in [-0.25, -0.2) is 9.59 Å². The zero-order valence-electron chi connectivity index (χ0n) is 13.1. The molecular weight excluding hydrogens is 292 g/mol. The van der Waals surface area contributed by atoms with Crippen LogP contribution in [0.5, 0.6) is 0 Å². The Kier molecular flexibility index (Phi) is 13.4. The fourth-order valence-corrected chi connectivity index (χ4v) is 0.825. The normalized spacial score (nSPS) is 9.86. The molecule has 0 aliphatic rings. The average molecular weight is 314 g/mol. The molecule has 0 fully saturated rings. The summed E-state index contributed by atoms with van der Waals surface area (Å²) in [5.74, 6) is -2.58. The number of esters is 2. The first-order valence-corrected chi connectivity index (χ1v) is 6.62. The maximum atomic E-state index is 10.7. The highest BCUT2D eigenvalue weighted by Gasteiger charge is 2.06. The molecule has 0 atom stereocenters. The highest BCUT2D eigenvalue weighted by atomic mass is 16.5. The summed E-state index contributed by atoms with van der Waals surface area (Å²) in [6, 6.07) is 0. The third-order valence-corrected chi connectivity index (χ3v) is 2.01. The molecule has 0 unspecified atom stereocenters. The van der Waals surface area contributed by atoms with E-state index in [9.17, 15) is 19.2 Å². The van der Waals surface area contributed by atoms with Gasteiger partial charge in [0, 0.05) is 6.08 Å². The number of hydrogen-bond acceptors (Lipinski definition) is 6. The molecule has 1 N–H and O–H groups in total. The van der Waals surface area contributed by atoms with E-state index in [0.29, 0.717) is 6.61 Å². The van der Waals surface area contributed by atoms with Gasteiger partial charge in [-0.1, -0.05) is 19.9 Å². The maximum absolute atomic E-state index is 10.7. The van der Waals surface area contributed by atoms with Gasteiger partial charge in [0.05, 0.1) is 12.2 Å². The lowest BCUT2D eigenvalue weighted by atomic mass is 10.3. The third-order valence-electron chi connectivity index (χ3n) is 2.01. The molecule has 7 nitrogen and oxygen atoms in total. The summed E-state index contributed by atoms with van der Waals surface area (Å²) >= 11 is 0. The summed E-state index contributed by atoms with van der Waals surface area (Å²) in [6.45, 7) is 8.35. The van der Waals surface area contributed by atoms with Crippen molar-refractivity contribution in [2.24, 2.45) is 0 Å². The molecule has 0 aromatic heterocycles. The fourth-order valence-electron chi connectivity index (χ4n) is 0.825. The van der Waals surface area contributed by atoms with Crippen molar-refractivity contribution in [2.45, 2.75) is 40.0 Å². The molecule has 0 spiro atoms. The number of aliphatic carboxylic acids is 1. The molecule has 22 heavy (non-hydrogen) atoms. The Morgan fingerprint density at radius 3 is 2.18 bits per heavy atom. The Labute approximate surface area is 129 Å². The molecule has 0 bridgehead atoms. The molecule has 0 aromatic rings. The number of carbonyl (C=O) groups excluding carboxylic acids is 3. The summed E-state index contributed by atoms with van der Waals surface area (Å²) in [6.07, 6.45) is 3.62. The van der Waals surface area contributed by atoms with Crippen LogP contribution in [0.4, 0.5) is 0 Å². The highest BCUT2D eigenvalue weighted by Crippen LogP contribution is 1.95. The van der Waals surface area contributed by atoms with E-state index in [2.05, 4.69) is 16.1 Å². The summed E-state index contributed by atoms with van der Waals surface area (Å²) in [5, 5.41) is 8.35. The van der Waals surface area contributed by atoms with Crippen LogP contribution < -0.4 is 0 Å². The maximum Gasteiger partial charge on any atom is 0.334 e. The predicted octanol–water partition coefficient (Wildman–Crippen LogP) is 2.01. The van der Waals surface area contributed by atoms with Crippen molar-refractivity contribution in [2.75, 3.05) is 6.61 Å². The predicted molar refractivity (Wildman–Crippen MR) is 78.8 cm³/mol. The van der Waals surface area contributed by atoms with E-state index in [4.69, 9.17) is 5.11 Å². The van der Waals surface area contributed by atoms with E-state index in [1.165, 1.54) is 19.9 Å². The Balaban J connectivity index is 0. The zero-order valence-corrected chi connectivity index (χ0v) is 13.1. The first kappa shape index (κ1) is 21.9. The lowest BCUT2D eigenvalue weighted by Crippen LogP contribution is -2.06. The van der Waals surface area contributed by atoms with Gasteiger partial charge in [0.1, 0.15) is 18.5 Å². The molecular formula is C15H22O7. The van der Waals surface area contributed by atoms with Gasteiger partial charge < -0.3 is 14.6 Å². The van der Waals surface area contributed by atoms with Gasteiger partial charge in [-0.2, -0.15) is 0 Å². The van der Waals surface area contributed by atoms with Gasteiger partial charge >= 0.3 is 17.9 Å². The average Bonchev–Trinajstić information content (AvgIpc) is 2.44. The van der Waals surface area contributed by atoms with E-state index in [0.717, 1.165) is 19.1 Å². The minimum absolute atomic E-state index is 0.100. The summed E-state index contributed by atoms with van der Waals surface area (Å²) in [5.41, 5.74) is -0.100. The van der Waals surface area contributed by atoms with Gasteiger partial charge in [0.25, 0.3) is 0 Å². The first-order valence-electron chi connectivity index (χ1n) is 6.62. The van der Waals surface area contributed by atoms with Gasteiger partial charge in [-0.3, -0.25) is 9.59 Å². The second kappa shape index (κ2) is 13.5. The Morgan fingerprint density at radius 1 is 1.18 bits per heavy atom. The van der Waals surface area contributed by atoms with Gasteiger partial charge in [-0.15, -0.1) is 0 Å². The van der Waals surface area contributed by atoms with Crippen molar-refractivity contribution in [1.82, 2.24) is 0 Å². The summed E-state index contributed by atoms with van der Waals surface area (Å²) < 4.78 is 9.05. The Morgan fingerprint density at radius 2 is 1.77 bits per heavy atom. The van der Waals surface area contributed by atoms with Crippen LogP contribution in [-0.2, 0) is 28.7 Å². The second-order valence-electron chi connectivity index (χ2n) is 4.20. The molecule has 0 rings (SSSR count). The topological polar surface area (TPSA) is 107 Å². The molecule has 0 aliphatic heterocycles. The molecule has 0 aromatic carbocycles. The van der Waals surface area contributed by atoms with E-state index in [1.54, 1.807) is 0 Å². The Hall–Kier alpha value is -2.44. The lowest BCUT2D eigenvalue weighted by Gasteiger charge is -1.97.